The summed E-state index contributed by atoms with van der Waals surface area (Å²) in [6.07, 6.45) is 5.06. The molecule has 19 heavy (non-hydrogen) atoms. The zero-order valence-electron chi connectivity index (χ0n) is 10.3. The summed E-state index contributed by atoms with van der Waals surface area (Å²) in [5.74, 6) is -0.369. The first kappa shape index (κ1) is 11.9. The molecule has 0 aliphatic carbocycles. The SMILES string of the molecule is NC1CCCn2c(-c3ccncc3)nc(C(=O)O)c21. The van der Waals surface area contributed by atoms with Gasteiger partial charge in [0.2, 0.25) is 0 Å². The van der Waals surface area contributed by atoms with Gasteiger partial charge in [-0.2, -0.15) is 0 Å². The smallest absolute Gasteiger partial charge is 0.356 e. The molecular formula is C13H14N4O2. The Morgan fingerprint density at radius 2 is 2.16 bits per heavy atom. The minimum absolute atomic E-state index is 0.0685. The number of carboxylic acids is 1. The highest BCUT2D eigenvalue weighted by molar-refractivity contribution is 5.88. The molecule has 3 N–H and O–H groups in total. The Kier molecular flexibility index (Phi) is 2.79. The maximum absolute atomic E-state index is 11.3. The van der Waals surface area contributed by atoms with Gasteiger partial charge in [-0.25, -0.2) is 9.78 Å². The Labute approximate surface area is 109 Å². The number of aromatic carboxylic acids is 1. The van der Waals surface area contributed by atoms with Gasteiger partial charge in [0.05, 0.1) is 5.69 Å². The van der Waals surface area contributed by atoms with E-state index in [1.165, 1.54) is 0 Å². The van der Waals surface area contributed by atoms with E-state index in [4.69, 9.17) is 5.73 Å². The lowest BCUT2D eigenvalue weighted by molar-refractivity contribution is 0.0688. The van der Waals surface area contributed by atoms with Crippen LogP contribution in [0.1, 0.15) is 35.1 Å². The van der Waals surface area contributed by atoms with Crippen LogP contribution in [0.3, 0.4) is 0 Å². The summed E-state index contributed by atoms with van der Waals surface area (Å²) in [5, 5.41) is 9.28. The first-order chi connectivity index (χ1) is 9.18. The van der Waals surface area contributed by atoms with Crippen molar-refractivity contribution in [2.45, 2.75) is 25.4 Å². The Balaban J connectivity index is 2.22. The molecule has 2 aromatic rings. The number of hydrogen-bond donors (Lipinski definition) is 2. The molecule has 1 atom stereocenters. The van der Waals surface area contributed by atoms with E-state index >= 15 is 0 Å². The average molecular weight is 258 g/mol. The van der Waals surface area contributed by atoms with Crippen LogP contribution >= 0.6 is 0 Å². The number of hydrogen-bond acceptors (Lipinski definition) is 4. The third-order valence-corrected chi connectivity index (χ3v) is 3.40. The molecule has 0 fully saturated rings. The number of rotatable bonds is 2. The summed E-state index contributed by atoms with van der Waals surface area (Å²) in [5.41, 5.74) is 7.60. The van der Waals surface area contributed by atoms with Gasteiger partial charge < -0.3 is 15.4 Å². The van der Waals surface area contributed by atoms with Gasteiger partial charge in [-0.05, 0) is 25.0 Å². The minimum Gasteiger partial charge on any atom is -0.476 e. The molecule has 98 valence electrons. The number of carboxylic acid groups (broad SMARTS) is 1. The molecular weight excluding hydrogens is 244 g/mol. The number of nitrogens with two attached hydrogens (primary N) is 1. The van der Waals surface area contributed by atoms with Gasteiger partial charge in [0.25, 0.3) is 0 Å². The maximum Gasteiger partial charge on any atom is 0.356 e. The fourth-order valence-corrected chi connectivity index (χ4v) is 2.55. The summed E-state index contributed by atoms with van der Waals surface area (Å²) in [4.78, 5) is 19.5. The third-order valence-electron chi connectivity index (χ3n) is 3.40. The molecule has 0 aromatic carbocycles. The number of nitrogens with zero attached hydrogens (tertiary/aromatic N) is 3. The van der Waals surface area contributed by atoms with Crippen LogP contribution in [-0.4, -0.2) is 25.6 Å². The van der Waals surface area contributed by atoms with Crippen LogP contribution in [0.2, 0.25) is 0 Å². The second kappa shape index (κ2) is 4.47. The first-order valence-electron chi connectivity index (χ1n) is 6.18. The van der Waals surface area contributed by atoms with E-state index in [0.29, 0.717) is 11.5 Å². The summed E-state index contributed by atoms with van der Waals surface area (Å²) in [6, 6.07) is 3.38. The Bertz CT molecular complexity index is 621. The molecule has 3 rings (SSSR count). The standard InChI is InChI=1S/C13H14N4O2/c14-9-2-1-7-17-11(9)10(13(18)19)16-12(17)8-3-5-15-6-4-8/h3-6,9H,1-2,7,14H2,(H,18,19). The Morgan fingerprint density at radius 3 is 2.84 bits per heavy atom. The highest BCUT2D eigenvalue weighted by Gasteiger charge is 2.29. The van der Waals surface area contributed by atoms with Crippen molar-refractivity contribution in [1.29, 1.82) is 0 Å². The van der Waals surface area contributed by atoms with E-state index in [2.05, 4.69) is 9.97 Å². The van der Waals surface area contributed by atoms with E-state index in [1.807, 2.05) is 16.7 Å². The van der Waals surface area contributed by atoms with Crippen LogP contribution in [0.4, 0.5) is 0 Å². The summed E-state index contributed by atoms with van der Waals surface area (Å²) < 4.78 is 1.92. The van der Waals surface area contributed by atoms with Gasteiger partial charge >= 0.3 is 5.97 Å². The molecule has 2 aromatic heterocycles. The second-order valence-corrected chi connectivity index (χ2v) is 4.61. The lowest BCUT2D eigenvalue weighted by Gasteiger charge is -2.22. The van der Waals surface area contributed by atoms with Crippen LogP contribution in [0.25, 0.3) is 11.4 Å². The highest BCUT2D eigenvalue weighted by atomic mass is 16.4. The normalized spacial score (nSPS) is 18.1. The average Bonchev–Trinajstić information content (AvgIpc) is 2.81. The first-order valence-corrected chi connectivity index (χ1v) is 6.18. The number of imidazole rings is 1. The second-order valence-electron chi connectivity index (χ2n) is 4.61. The largest absolute Gasteiger partial charge is 0.476 e. The molecule has 0 saturated heterocycles. The third kappa shape index (κ3) is 1.90. The number of aromatic nitrogens is 3. The van der Waals surface area contributed by atoms with Gasteiger partial charge in [-0.3, -0.25) is 4.98 Å². The zero-order valence-corrected chi connectivity index (χ0v) is 10.3. The maximum atomic E-state index is 11.3. The predicted octanol–water partition coefficient (Wildman–Crippen LogP) is 1.44. The topological polar surface area (TPSA) is 94.0 Å². The number of carbonyl (C=O) groups is 1. The molecule has 3 heterocycles. The molecule has 1 unspecified atom stereocenters. The monoisotopic (exact) mass is 258 g/mol. The minimum atomic E-state index is -1.03. The van der Waals surface area contributed by atoms with Crippen molar-refractivity contribution in [3.05, 3.63) is 35.9 Å². The highest BCUT2D eigenvalue weighted by Crippen LogP contribution is 2.31. The summed E-state index contributed by atoms with van der Waals surface area (Å²) in [6.45, 7) is 0.751. The molecule has 0 bridgehead atoms. The fraction of sp³-hybridized carbons (Fsp3) is 0.308. The lowest BCUT2D eigenvalue weighted by Crippen LogP contribution is -2.23. The van der Waals surface area contributed by atoms with Crippen LogP contribution in [0.15, 0.2) is 24.5 Å². The Morgan fingerprint density at radius 1 is 1.42 bits per heavy atom. The van der Waals surface area contributed by atoms with Crippen LogP contribution in [-0.2, 0) is 6.54 Å². The van der Waals surface area contributed by atoms with Crippen molar-refractivity contribution in [3.8, 4) is 11.4 Å². The molecule has 0 radical (unpaired) electrons. The van der Waals surface area contributed by atoms with E-state index in [-0.39, 0.29) is 11.7 Å². The van der Waals surface area contributed by atoms with Crippen molar-refractivity contribution in [1.82, 2.24) is 14.5 Å². The lowest BCUT2D eigenvalue weighted by atomic mass is 10.0. The van der Waals surface area contributed by atoms with Crippen molar-refractivity contribution >= 4 is 5.97 Å². The van der Waals surface area contributed by atoms with E-state index in [9.17, 15) is 9.90 Å². The molecule has 0 spiro atoms. The quantitative estimate of drug-likeness (QED) is 0.850. The predicted molar refractivity (Wildman–Crippen MR) is 68.6 cm³/mol. The van der Waals surface area contributed by atoms with E-state index in [1.54, 1.807) is 12.4 Å². The fourth-order valence-electron chi connectivity index (χ4n) is 2.55. The van der Waals surface area contributed by atoms with E-state index in [0.717, 1.165) is 24.9 Å². The van der Waals surface area contributed by atoms with Crippen molar-refractivity contribution < 1.29 is 9.90 Å². The van der Waals surface area contributed by atoms with E-state index < -0.39 is 5.97 Å². The van der Waals surface area contributed by atoms with Crippen LogP contribution in [0, 0.1) is 0 Å². The van der Waals surface area contributed by atoms with Gasteiger partial charge in [0.15, 0.2) is 5.69 Å². The number of pyridine rings is 1. The summed E-state index contributed by atoms with van der Waals surface area (Å²) in [7, 11) is 0. The number of fused-ring (bicyclic) bond motifs is 1. The molecule has 6 nitrogen and oxygen atoms in total. The van der Waals surface area contributed by atoms with Crippen molar-refractivity contribution in [2.75, 3.05) is 0 Å². The van der Waals surface area contributed by atoms with Gasteiger partial charge in [0, 0.05) is 30.5 Å². The zero-order chi connectivity index (χ0) is 13.4. The summed E-state index contributed by atoms with van der Waals surface area (Å²) >= 11 is 0. The van der Waals surface area contributed by atoms with Gasteiger partial charge in [-0.1, -0.05) is 0 Å². The molecule has 6 heteroatoms. The molecule has 1 aliphatic heterocycles. The van der Waals surface area contributed by atoms with Crippen molar-refractivity contribution in [3.63, 3.8) is 0 Å². The Hall–Kier alpha value is -2.21. The van der Waals surface area contributed by atoms with Crippen LogP contribution < -0.4 is 5.73 Å². The molecule has 0 saturated carbocycles. The van der Waals surface area contributed by atoms with Gasteiger partial charge in [0.1, 0.15) is 5.82 Å². The van der Waals surface area contributed by atoms with Crippen molar-refractivity contribution in [2.24, 2.45) is 5.73 Å². The van der Waals surface area contributed by atoms with Gasteiger partial charge in [-0.15, -0.1) is 0 Å². The molecule has 0 amide bonds. The van der Waals surface area contributed by atoms with Crippen LogP contribution in [0.5, 0.6) is 0 Å². The molecule has 1 aliphatic rings.